The lowest BCUT2D eigenvalue weighted by atomic mass is 10.2. The van der Waals surface area contributed by atoms with Crippen LogP contribution in [-0.4, -0.2) is 20.0 Å². The molecule has 0 atom stereocenters. The fourth-order valence-electron chi connectivity index (χ4n) is 2.30. The Hall–Kier alpha value is -1.94. The van der Waals surface area contributed by atoms with Crippen molar-refractivity contribution in [2.75, 3.05) is 0 Å². The second kappa shape index (κ2) is 4.31. The van der Waals surface area contributed by atoms with E-state index in [1.807, 2.05) is 49.7 Å². The predicted molar refractivity (Wildman–Crippen MR) is 75.9 cm³/mol. The zero-order valence-corrected chi connectivity index (χ0v) is 11.7. The fourth-order valence-corrected chi connectivity index (χ4v) is 2.48. The Labute approximate surface area is 116 Å². The third-order valence-electron chi connectivity index (χ3n) is 3.22. The lowest BCUT2D eigenvalue weighted by Gasteiger charge is -2.04. The maximum atomic E-state index is 6.04. The van der Waals surface area contributed by atoms with Gasteiger partial charge >= 0.3 is 0 Å². The van der Waals surface area contributed by atoms with Crippen LogP contribution in [0.5, 0.6) is 0 Å². The molecule has 0 N–H and O–H groups in total. The van der Waals surface area contributed by atoms with Crippen molar-refractivity contribution in [3.05, 3.63) is 46.4 Å². The lowest BCUT2D eigenvalue weighted by molar-refractivity contribution is 0.858. The largest absolute Gasteiger partial charge is 0.237 e. The highest BCUT2D eigenvalue weighted by molar-refractivity contribution is 6.30. The monoisotopic (exact) mass is 272 g/mol. The van der Waals surface area contributed by atoms with Gasteiger partial charge in [0.2, 0.25) is 0 Å². The van der Waals surface area contributed by atoms with Crippen molar-refractivity contribution in [3.63, 3.8) is 0 Å². The van der Waals surface area contributed by atoms with Gasteiger partial charge in [-0.25, -0.2) is 4.68 Å². The number of fused-ring (bicyclic) bond motifs is 1. The van der Waals surface area contributed by atoms with Crippen molar-refractivity contribution >= 4 is 22.5 Å². The fraction of sp³-hybridized carbons (Fsp3) is 0.214. The van der Waals surface area contributed by atoms with E-state index in [1.54, 1.807) is 0 Å². The molecule has 1 aromatic carbocycles. The Bertz CT molecular complexity index is 776. The molecule has 3 rings (SSSR count). The number of hydrogen-bond donors (Lipinski definition) is 0. The smallest absolute Gasteiger partial charge is 0.118 e. The first-order valence-electron chi connectivity index (χ1n) is 6.03. The molecule has 0 spiro atoms. The summed E-state index contributed by atoms with van der Waals surface area (Å²) in [6, 6.07) is 7.64. The van der Waals surface area contributed by atoms with Gasteiger partial charge in [-0.05, 0) is 39.0 Å². The summed E-state index contributed by atoms with van der Waals surface area (Å²) in [5.41, 5.74) is 4.62. The lowest BCUT2D eigenvalue weighted by Crippen LogP contribution is -1.98. The highest BCUT2D eigenvalue weighted by Crippen LogP contribution is 2.25. The summed E-state index contributed by atoms with van der Waals surface area (Å²) in [4.78, 5) is 0. The molecule has 0 amide bonds. The molecule has 0 radical (unpaired) electrons. The summed E-state index contributed by atoms with van der Waals surface area (Å²) in [5, 5.41) is 14.7. The molecule has 0 saturated heterocycles. The van der Waals surface area contributed by atoms with Gasteiger partial charge in [-0.15, -0.1) is 0 Å². The van der Waals surface area contributed by atoms with Crippen molar-refractivity contribution in [2.24, 2.45) is 0 Å². The summed E-state index contributed by atoms with van der Waals surface area (Å²) in [6.07, 6.45) is 0. The van der Waals surface area contributed by atoms with E-state index in [9.17, 15) is 0 Å². The van der Waals surface area contributed by atoms with Crippen LogP contribution in [0.25, 0.3) is 16.6 Å². The molecule has 0 unspecified atom stereocenters. The van der Waals surface area contributed by atoms with Crippen LogP contribution >= 0.6 is 11.6 Å². The predicted octanol–water partition coefficient (Wildman–Crippen LogP) is 3.39. The molecule has 4 nitrogen and oxygen atoms in total. The molecule has 0 fully saturated rings. The van der Waals surface area contributed by atoms with Crippen LogP contribution < -0.4 is 0 Å². The number of halogens is 1. The highest BCUT2D eigenvalue weighted by Gasteiger charge is 2.14. The first kappa shape index (κ1) is 12.1. The third-order valence-corrected chi connectivity index (χ3v) is 3.46. The van der Waals surface area contributed by atoms with Crippen LogP contribution in [-0.2, 0) is 0 Å². The second-order valence-electron chi connectivity index (χ2n) is 4.57. The molecular weight excluding hydrogens is 260 g/mol. The normalized spacial score (nSPS) is 11.2. The second-order valence-corrected chi connectivity index (χ2v) is 5.01. The number of aromatic nitrogens is 4. The summed E-state index contributed by atoms with van der Waals surface area (Å²) in [5.74, 6) is 0. The van der Waals surface area contributed by atoms with E-state index >= 15 is 0 Å². The Morgan fingerprint density at radius 1 is 1.05 bits per heavy atom. The summed E-state index contributed by atoms with van der Waals surface area (Å²) >= 11 is 6.04. The molecular formula is C14H13ClN4. The number of nitrogens with zero attached hydrogens (tertiary/aromatic N) is 4. The SMILES string of the molecule is Cc1nnc(C)c2c(C)n(-c3cccc(Cl)c3)nc12. The number of hydrogen-bond acceptors (Lipinski definition) is 3. The molecule has 0 saturated carbocycles. The van der Waals surface area contributed by atoms with Gasteiger partial charge in [0, 0.05) is 10.4 Å². The summed E-state index contributed by atoms with van der Waals surface area (Å²) in [6.45, 7) is 5.90. The van der Waals surface area contributed by atoms with Crippen LogP contribution in [0.2, 0.25) is 5.02 Å². The van der Waals surface area contributed by atoms with Gasteiger partial charge in [-0.1, -0.05) is 17.7 Å². The number of aryl methyl sites for hydroxylation is 3. The topological polar surface area (TPSA) is 43.6 Å². The highest BCUT2D eigenvalue weighted by atomic mass is 35.5. The van der Waals surface area contributed by atoms with Crippen LogP contribution in [0.1, 0.15) is 17.1 Å². The van der Waals surface area contributed by atoms with E-state index in [1.165, 1.54) is 0 Å². The van der Waals surface area contributed by atoms with E-state index in [0.717, 1.165) is 33.7 Å². The van der Waals surface area contributed by atoms with E-state index in [0.29, 0.717) is 5.02 Å². The molecule has 2 aromatic heterocycles. The van der Waals surface area contributed by atoms with Crippen LogP contribution in [0, 0.1) is 20.8 Å². The average Bonchev–Trinajstić information content (AvgIpc) is 2.73. The molecule has 2 heterocycles. The van der Waals surface area contributed by atoms with Gasteiger partial charge < -0.3 is 0 Å². The summed E-state index contributed by atoms with van der Waals surface area (Å²) in [7, 11) is 0. The first-order valence-corrected chi connectivity index (χ1v) is 6.41. The van der Waals surface area contributed by atoms with Crippen LogP contribution in [0.3, 0.4) is 0 Å². The van der Waals surface area contributed by atoms with Gasteiger partial charge in [0.25, 0.3) is 0 Å². The summed E-state index contributed by atoms with van der Waals surface area (Å²) < 4.78 is 1.89. The van der Waals surface area contributed by atoms with Gasteiger partial charge in [-0.3, -0.25) is 0 Å². The minimum atomic E-state index is 0.696. The Morgan fingerprint density at radius 2 is 1.79 bits per heavy atom. The maximum Gasteiger partial charge on any atom is 0.118 e. The van der Waals surface area contributed by atoms with E-state index < -0.39 is 0 Å². The standard InChI is InChI=1S/C14H13ClN4/c1-8-13-10(3)19(12-6-4-5-11(15)7-12)18-14(13)9(2)17-16-8/h4-7H,1-3H3. The molecule has 0 aliphatic rings. The van der Waals surface area contributed by atoms with Gasteiger partial charge in [0.1, 0.15) is 5.52 Å². The average molecular weight is 273 g/mol. The molecule has 0 aliphatic carbocycles. The first-order chi connectivity index (χ1) is 9.08. The van der Waals surface area contributed by atoms with E-state index in [2.05, 4.69) is 15.3 Å². The Kier molecular flexibility index (Phi) is 2.75. The van der Waals surface area contributed by atoms with Crippen molar-refractivity contribution < 1.29 is 0 Å². The molecule has 5 heteroatoms. The van der Waals surface area contributed by atoms with Gasteiger partial charge in [-0.2, -0.15) is 15.3 Å². The number of benzene rings is 1. The molecule has 0 bridgehead atoms. The van der Waals surface area contributed by atoms with Crippen molar-refractivity contribution in [1.29, 1.82) is 0 Å². The molecule has 19 heavy (non-hydrogen) atoms. The molecule has 96 valence electrons. The zero-order valence-electron chi connectivity index (χ0n) is 11.0. The third kappa shape index (κ3) is 1.88. The Balaban J connectivity index is 2.35. The van der Waals surface area contributed by atoms with E-state index in [4.69, 9.17) is 11.6 Å². The van der Waals surface area contributed by atoms with Crippen molar-refractivity contribution in [1.82, 2.24) is 20.0 Å². The molecule has 0 aliphatic heterocycles. The van der Waals surface area contributed by atoms with Crippen molar-refractivity contribution in [3.8, 4) is 5.69 Å². The maximum absolute atomic E-state index is 6.04. The minimum absolute atomic E-state index is 0.696. The van der Waals surface area contributed by atoms with Crippen LogP contribution in [0.4, 0.5) is 0 Å². The van der Waals surface area contributed by atoms with Crippen LogP contribution in [0.15, 0.2) is 24.3 Å². The molecule has 3 aromatic rings. The van der Waals surface area contributed by atoms with Gasteiger partial charge in [0.15, 0.2) is 0 Å². The number of rotatable bonds is 1. The van der Waals surface area contributed by atoms with Crippen molar-refractivity contribution in [2.45, 2.75) is 20.8 Å². The quantitative estimate of drug-likeness (QED) is 0.682. The van der Waals surface area contributed by atoms with Gasteiger partial charge in [0.05, 0.1) is 22.8 Å². The Morgan fingerprint density at radius 3 is 2.47 bits per heavy atom. The zero-order chi connectivity index (χ0) is 13.6. The van der Waals surface area contributed by atoms with E-state index in [-0.39, 0.29) is 0 Å². The minimum Gasteiger partial charge on any atom is -0.237 e.